The van der Waals surface area contributed by atoms with E-state index in [9.17, 15) is 0 Å². The first-order valence-corrected chi connectivity index (χ1v) is 6.96. The molecular formula is C15H26N2O2. The molecule has 0 amide bonds. The van der Waals surface area contributed by atoms with Gasteiger partial charge in [-0.15, -0.1) is 0 Å². The van der Waals surface area contributed by atoms with Crippen LogP contribution < -0.4 is 15.8 Å². The highest BCUT2D eigenvalue weighted by Crippen LogP contribution is 2.22. The molecule has 0 fully saturated rings. The minimum Gasteiger partial charge on any atom is -0.493 e. The summed E-state index contributed by atoms with van der Waals surface area (Å²) in [5.41, 5.74) is 7.53. The Kier molecular flexibility index (Phi) is 7.11. The summed E-state index contributed by atoms with van der Waals surface area (Å²) in [4.78, 5) is 0. The van der Waals surface area contributed by atoms with Crippen LogP contribution in [0, 0.1) is 5.92 Å². The maximum absolute atomic E-state index is 5.85. The van der Waals surface area contributed by atoms with E-state index < -0.39 is 0 Å². The summed E-state index contributed by atoms with van der Waals surface area (Å²) in [6.07, 6.45) is 0.987. The van der Waals surface area contributed by atoms with Crippen molar-refractivity contribution >= 4 is 11.4 Å². The molecule has 1 rings (SSSR count). The van der Waals surface area contributed by atoms with Crippen LogP contribution in [-0.4, -0.2) is 26.4 Å². The molecule has 0 radical (unpaired) electrons. The number of nitrogens with two attached hydrogens (primary N) is 1. The van der Waals surface area contributed by atoms with Crippen molar-refractivity contribution in [3.8, 4) is 5.75 Å². The summed E-state index contributed by atoms with van der Waals surface area (Å²) in [6.45, 7) is 9.33. The number of anilines is 2. The molecule has 19 heavy (non-hydrogen) atoms. The van der Waals surface area contributed by atoms with Gasteiger partial charge in [0.05, 0.1) is 13.2 Å². The Labute approximate surface area is 116 Å². The molecule has 0 aliphatic heterocycles. The summed E-state index contributed by atoms with van der Waals surface area (Å²) < 4.78 is 11.1. The number of benzene rings is 1. The Morgan fingerprint density at radius 1 is 1.21 bits per heavy atom. The average Bonchev–Trinajstić information content (AvgIpc) is 2.35. The van der Waals surface area contributed by atoms with Gasteiger partial charge in [-0.05, 0) is 18.4 Å². The predicted octanol–water partition coefficient (Wildman–Crippen LogP) is 3.14. The van der Waals surface area contributed by atoms with E-state index in [1.54, 1.807) is 0 Å². The number of hydrogen-bond acceptors (Lipinski definition) is 4. The molecule has 0 bridgehead atoms. The zero-order chi connectivity index (χ0) is 14.1. The van der Waals surface area contributed by atoms with Gasteiger partial charge in [-0.1, -0.05) is 20.8 Å². The van der Waals surface area contributed by atoms with E-state index in [4.69, 9.17) is 15.2 Å². The maximum atomic E-state index is 5.85. The third-order valence-corrected chi connectivity index (χ3v) is 2.43. The van der Waals surface area contributed by atoms with Gasteiger partial charge >= 0.3 is 0 Å². The van der Waals surface area contributed by atoms with Crippen LogP contribution in [-0.2, 0) is 4.74 Å². The average molecular weight is 266 g/mol. The standard InChI is InChI=1S/C15H26N2O2/c1-4-6-19-15-9-13(16)8-14(10-15)17-5-7-18-11-12(2)3/h8-10,12,17H,4-7,11,16H2,1-3H3. The molecule has 0 aromatic heterocycles. The lowest BCUT2D eigenvalue weighted by Crippen LogP contribution is -2.12. The van der Waals surface area contributed by atoms with Crippen LogP contribution in [0.3, 0.4) is 0 Å². The van der Waals surface area contributed by atoms with Gasteiger partial charge in [-0.2, -0.15) is 0 Å². The first kappa shape index (κ1) is 15.6. The van der Waals surface area contributed by atoms with Gasteiger partial charge in [0, 0.05) is 36.7 Å². The lowest BCUT2D eigenvalue weighted by atomic mass is 10.2. The first-order valence-electron chi connectivity index (χ1n) is 6.96. The molecule has 3 N–H and O–H groups in total. The molecular weight excluding hydrogens is 240 g/mol. The fraction of sp³-hybridized carbons (Fsp3) is 0.600. The quantitative estimate of drug-likeness (QED) is 0.532. The Morgan fingerprint density at radius 3 is 2.68 bits per heavy atom. The molecule has 0 heterocycles. The molecule has 1 aromatic carbocycles. The van der Waals surface area contributed by atoms with Crippen LogP contribution in [0.5, 0.6) is 5.75 Å². The molecule has 0 spiro atoms. The summed E-state index contributed by atoms with van der Waals surface area (Å²) >= 11 is 0. The summed E-state index contributed by atoms with van der Waals surface area (Å²) in [5.74, 6) is 1.38. The van der Waals surface area contributed by atoms with E-state index in [0.29, 0.717) is 24.8 Å². The number of nitrogens with one attached hydrogen (secondary N) is 1. The van der Waals surface area contributed by atoms with Crippen LogP contribution in [0.4, 0.5) is 11.4 Å². The van der Waals surface area contributed by atoms with Crippen molar-refractivity contribution in [3.05, 3.63) is 18.2 Å². The lowest BCUT2D eigenvalue weighted by molar-refractivity contribution is 0.118. The van der Waals surface area contributed by atoms with Crippen LogP contribution in [0.2, 0.25) is 0 Å². The SMILES string of the molecule is CCCOc1cc(N)cc(NCCOCC(C)C)c1. The van der Waals surface area contributed by atoms with Crippen molar-refractivity contribution in [2.75, 3.05) is 37.4 Å². The van der Waals surface area contributed by atoms with E-state index in [-0.39, 0.29) is 0 Å². The van der Waals surface area contributed by atoms with Gasteiger partial charge in [0.1, 0.15) is 5.75 Å². The molecule has 0 saturated carbocycles. The smallest absolute Gasteiger partial charge is 0.123 e. The molecule has 0 atom stereocenters. The fourth-order valence-electron chi connectivity index (χ4n) is 1.61. The number of ether oxygens (including phenoxy) is 2. The van der Waals surface area contributed by atoms with Gasteiger partial charge in [0.2, 0.25) is 0 Å². The number of rotatable bonds is 9. The highest BCUT2D eigenvalue weighted by atomic mass is 16.5. The lowest BCUT2D eigenvalue weighted by Gasteiger charge is -2.11. The Morgan fingerprint density at radius 2 is 2.00 bits per heavy atom. The molecule has 108 valence electrons. The second-order valence-corrected chi connectivity index (χ2v) is 5.03. The van der Waals surface area contributed by atoms with Gasteiger partial charge < -0.3 is 20.5 Å². The highest BCUT2D eigenvalue weighted by Gasteiger charge is 2.00. The molecule has 1 aromatic rings. The van der Waals surface area contributed by atoms with E-state index in [1.165, 1.54) is 0 Å². The zero-order valence-corrected chi connectivity index (χ0v) is 12.2. The Bertz CT molecular complexity index is 367. The molecule has 0 unspecified atom stereocenters. The van der Waals surface area contributed by atoms with Crippen LogP contribution >= 0.6 is 0 Å². The topological polar surface area (TPSA) is 56.5 Å². The van der Waals surface area contributed by atoms with Crippen molar-refractivity contribution in [2.45, 2.75) is 27.2 Å². The van der Waals surface area contributed by atoms with Crippen molar-refractivity contribution < 1.29 is 9.47 Å². The largest absolute Gasteiger partial charge is 0.493 e. The minimum absolute atomic E-state index is 0.571. The summed E-state index contributed by atoms with van der Waals surface area (Å²) in [6, 6.07) is 5.71. The third kappa shape index (κ3) is 6.91. The monoisotopic (exact) mass is 266 g/mol. The van der Waals surface area contributed by atoms with E-state index in [0.717, 1.165) is 31.0 Å². The van der Waals surface area contributed by atoms with Crippen LogP contribution in [0.25, 0.3) is 0 Å². The number of hydrogen-bond donors (Lipinski definition) is 2. The van der Waals surface area contributed by atoms with Gasteiger partial charge in [-0.3, -0.25) is 0 Å². The maximum Gasteiger partial charge on any atom is 0.123 e. The second-order valence-electron chi connectivity index (χ2n) is 5.03. The molecule has 4 heteroatoms. The minimum atomic E-state index is 0.571. The molecule has 4 nitrogen and oxygen atoms in total. The van der Waals surface area contributed by atoms with Gasteiger partial charge in [-0.25, -0.2) is 0 Å². The molecule has 0 aliphatic rings. The van der Waals surface area contributed by atoms with Gasteiger partial charge in [0.25, 0.3) is 0 Å². The van der Waals surface area contributed by atoms with Crippen molar-refractivity contribution in [1.29, 1.82) is 0 Å². The van der Waals surface area contributed by atoms with Crippen LogP contribution in [0.15, 0.2) is 18.2 Å². The van der Waals surface area contributed by atoms with Crippen molar-refractivity contribution in [3.63, 3.8) is 0 Å². The first-order chi connectivity index (χ1) is 9.11. The van der Waals surface area contributed by atoms with Gasteiger partial charge in [0.15, 0.2) is 0 Å². The van der Waals surface area contributed by atoms with Crippen molar-refractivity contribution in [1.82, 2.24) is 0 Å². The van der Waals surface area contributed by atoms with E-state index in [2.05, 4.69) is 26.1 Å². The molecule has 0 aliphatic carbocycles. The predicted molar refractivity (Wildman–Crippen MR) is 80.8 cm³/mol. The summed E-state index contributed by atoms with van der Waals surface area (Å²) in [7, 11) is 0. The van der Waals surface area contributed by atoms with E-state index >= 15 is 0 Å². The summed E-state index contributed by atoms with van der Waals surface area (Å²) in [5, 5.41) is 3.29. The Balaban J connectivity index is 2.38. The molecule has 0 saturated heterocycles. The second kappa shape index (κ2) is 8.64. The highest BCUT2D eigenvalue weighted by molar-refractivity contribution is 5.59. The van der Waals surface area contributed by atoms with E-state index in [1.807, 2.05) is 18.2 Å². The Hall–Kier alpha value is -1.42. The van der Waals surface area contributed by atoms with Crippen molar-refractivity contribution in [2.24, 2.45) is 5.92 Å². The normalized spacial score (nSPS) is 10.7. The third-order valence-electron chi connectivity index (χ3n) is 2.43. The zero-order valence-electron chi connectivity index (χ0n) is 12.2. The fourth-order valence-corrected chi connectivity index (χ4v) is 1.61. The number of nitrogen functional groups attached to an aromatic ring is 1. The van der Waals surface area contributed by atoms with Crippen LogP contribution in [0.1, 0.15) is 27.2 Å².